The molecule has 0 aromatic heterocycles. The van der Waals surface area contributed by atoms with Crippen LogP contribution in [-0.4, -0.2) is 36.2 Å². The number of rotatable bonds is 3. The molecular formula is C13H18O6. The Kier molecular flexibility index (Phi) is 4.34. The van der Waals surface area contributed by atoms with Gasteiger partial charge in [-0.15, -0.1) is 0 Å². The van der Waals surface area contributed by atoms with E-state index in [1.807, 2.05) is 0 Å². The fourth-order valence-corrected chi connectivity index (χ4v) is 1.42. The Morgan fingerprint density at radius 1 is 1.37 bits per heavy atom. The number of esters is 3. The van der Waals surface area contributed by atoms with Crippen molar-refractivity contribution in [1.29, 1.82) is 0 Å². The van der Waals surface area contributed by atoms with Crippen molar-refractivity contribution in [2.24, 2.45) is 5.92 Å². The summed E-state index contributed by atoms with van der Waals surface area (Å²) >= 11 is 0. The van der Waals surface area contributed by atoms with E-state index in [1.54, 1.807) is 20.8 Å². The molecule has 0 aromatic rings. The average Bonchev–Trinajstić information content (AvgIpc) is 2.58. The van der Waals surface area contributed by atoms with Crippen molar-refractivity contribution < 1.29 is 28.6 Å². The normalized spacial score (nSPS) is 22.6. The van der Waals surface area contributed by atoms with Crippen LogP contribution in [0.25, 0.3) is 0 Å². The summed E-state index contributed by atoms with van der Waals surface area (Å²) in [5, 5.41) is 0. The third-order valence-corrected chi connectivity index (χ3v) is 2.29. The monoisotopic (exact) mass is 270 g/mol. The summed E-state index contributed by atoms with van der Waals surface area (Å²) < 4.78 is 14.8. The van der Waals surface area contributed by atoms with Crippen molar-refractivity contribution in [2.75, 3.05) is 6.61 Å². The molecule has 19 heavy (non-hydrogen) atoms. The average molecular weight is 270 g/mol. The van der Waals surface area contributed by atoms with Crippen molar-refractivity contribution in [1.82, 2.24) is 0 Å². The Labute approximate surface area is 111 Å². The first-order valence-corrected chi connectivity index (χ1v) is 5.88. The van der Waals surface area contributed by atoms with Crippen LogP contribution in [0.15, 0.2) is 12.2 Å². The highest BCUT2D eigenvalue weighted by Gasteiger charge is 2.46. The van der Waals surface area contributed by atoms with Crippen LogP contribution in [0.1, 0.15) is 27.7 Å². The number of carbonyl (C=O) groups excluding carboxylic acids is 3. The standard InChI is InChI=1S/C13H18O6/c1-7(2)10(14)18-9-8(6-17-12(9)16)11(15)19-13(3,4)5/h8-9H,1,6H2,2-5H3. The molecule has 0 aliphatic carbocycles. The van der Waals surface area contributed by atoms with Gasteiger partial charge in [0.05, 0.1) is 0 Å². The van der Waals surface area contributed by atoms with Crippen LogP contribution in [0.3, 0.4) is 0 Å². The molecule has 1 aliphatic rings. The first-order chi connectivity index (χ1) is 8.61. The van der Waals surface area contributed by atoms with Gasteiger partial charge in [-0.05, 0) is 27.7 Å². The van der Waals surface area contributed by atoms with Crippen LogP contribution >= 0.6 is 0 Å². The van der Waals surface area contributed by atoms with E-state index in [4.69, 9.17) is 14.2 Å². The number of hydrogen-bond acceptors (Lipinski definition) is 6. The van der Waals surface area contributed by atoms with Gasteiger partial charge in [0.1, 0.15) is 18.1 Å². The maximum atomic E-state index is 11.9. The summed E-state index contributed by atoms with van der Waals surface area (Å²) in [5.41, 5.74) is -0.548. The van der Waals surface area contributed by atoms with Crippen LogP contribution in [0, 0.1) is 5.92 Å². The molecule has 2 unspecified atom stereocenters. The van der Waals surface area contributed by atoms with Gasteiger partial charge in [0, 0.05) is 5.57 Å². The third-order valence-electron chi connectivity index (χ3n) is 2.29. The molecule has 0 spiro atoms. The minimum Gasteiger partial charge on any atom is -0.462 e. The van der Waals surface area contributed by atoms with Gasteiger partial charge in [-0.25, -0.2) is 9.59 Å². The maximum absolute atomic E-state index is 11.9. The number of hydrogen-bond donors (Lipinski definition) is 0. The molecule has 0 N–H and O–H groups in total. The minimum atomic E-state index is -1.26. The predicted molar refractivity (Wildman–Crippen MR) is 65.0 cm³/mol. The second kappa shape index (κ2) is 5.42. The zero-order chi connectivity index (χ0) is 14.8. The summed E-state index contributed by atoms with van der Waals surface area (Å²) in [6, 6.07) is 0. The molecule has 6 heteroatoms. The van der Waals surface area contributed by atoms with E-state index in [1.165, 1.54) is 6.92 Å². The summed E-state index contributed by atoms with van der Waals surface area (Å²) in [5.74, 6) is -3.05. The fourth-order valence-electron chi connectivity index (χ4n) is 1.42. The lowest BCUT2D eigenvalue weighted by Gasteiger charge is -2.23. The lowest BCUT2D eigenvalue weighted by atomic mass is 10.1. The second-order valence-corrected chi connectivity index (χ2v) is 5.38. The van der Waals surface area contributed by atoms with E-state index in [-0.39, 0.29) is 12.2 Å². The molecule has 6 nitrogen and oxygen atoms in total. The largest absolute Gasteiger partial charge is 0.462 e. The maximum Gasteiger partial charge on any atom is 0.348 e. The van der Waals surface area contributed by atoms with Crippen LogP contribution in [0.5, 0.6) is 0 Å². The molecule has 2 atom stereocenters. The first-order valence-electron chi connectivity index (χ1n) is 5.88. The van der Waals surface area contributed by atoms with Crippen molar-refractivity contribution >= 4 is 17.9 Å². The van der Waals surface area contributed by atoms with E-state index < -0.39 is 35.5 Å². The highest BCUT2D eigenvalue weighted by Crippen LogP contribution is 2.23. The number of ether oxygens (including phenoxy) is 3. The van der Waals surface area contributed by atoms with E-state index in [0.717, 1.165) is 0 Å². The molecule has 1 fully saturated rings. The highest BCUT2D eigenvalue weighted by atomic mass is 16.6. The zero-order valence-corrected chi connectivity index (χ0v) is 11.5. The molecule has 0 radical (unpaired) electrons. The minimum absolute atomic E-state index is 0.141. The van der Waals surface area contributed by atoms with E-state index in [9.17, 15) is 14.4 Å². The number of cyclic esters (lactones) is 1. The summed E-state index contributed by atoms with van der Waals surface area (Å²) in [6.45, 7) is 9.82. The number of carbonyl (C=O) groups is 3. The third kappa shape index (κ3) is 4.08. The SMILES string of the molecule is C=C(C)C(=O)OC1C(=O)OCC1C(=O)OC(C)(C)C. The van der Waals surface area contributed by atoms with Gasteiger partial charge in [0.25, 0.3) is 0 Å². The van der Waals surface area contributed by atoms with Crippen LogP contribution in [0.2, 0.25) is 0 Å². The molecule has 0 bridgehead atoms. The van der Waals surface area contributed by atoms with Gasteiger partial charge < -0.3 is 14.2 Å². The van der Waals surface area contributed by atoms with E-state index in [0.29, 0.717) is 0 Å². The van der Waals surface area contributed by atoms with Crippen molar-refractivity contribution in [2.45, 2.75) is 39.4 Å². The summed E-state index contributed by atoms with van der Waals surface area (Å²) in [6.07, 6.45) is -1.26. The molecule has 0 saturated carbocycles. The quantitative estimate of drug-likeness (QED) is 0.432. The highest BCUT2D eigenvalue weighted by molar-refractivity contribution is 5.92. The Morgan fingerprint density at radius 2 is 1.95 bits per heavy atom. The molecular weight excluding hydrogens is 252 g/mol. The lowest BCUT2D eigenvalue weighted by Crippen LogP contribution is -2.37. The van der Waals surface area contributed by atoms with Gasteiger partial charge in [-0.3, -0.25) is 4.79 Å². The Bertz CT molecular complexity index is 417. The first kappa shape index (κ1) is 15.2. The molecule has 1 saturated heterocycles. The van der Waals surface area contributed by atoms with Crippen molar-refractivity contribution in [3.63, 3.8) is 0 Å². The van der Waals surface area contributed by atoms with Crippen LogP contribution in [-0.2, 0) is 28.6 Å². The summed E-state index contributed by atoms with van der Waals surface area (Å²) in [7, 11) is 0. The van der Waals surface area contributed by atoms with E-state index >= 15 is 0 Å². The van der Waals surface area contributed by atoms with Gasteiger partial charge in [0.2, 0.25) is 6.10 Å². The van der Waals surface area contributed by atoms with Crippen LogP contribution in [0.4, 0.5) is 0 Å². The zero-order valence-electron chi connectivity index (χ0n) is 11.5. The lowest BCUT2D eigenvalue weighted by molar-refractivity contribution is -0.168. The molecule has 1 rings (SSSR count). The van der Waals surface area contributed by atoms with Gasteiger partial charge in [-0.2, -0.15) is 0 Å². The molecule has 0 aromatic carbocycles. The van der Waals surface area contributed by atoms with Gasteiger partial charge in [0.15, 0.2) is 0 Å². The van der Waals surface area contributed by atoms with Crippen LogP contribution < -0.4 is 0 Å². The smallest absolute Gasteiger partial charge is 0.348 e. The predicted octanol–water partition coefficient (Wildman–Crippen LogP) is 0.989. The van der Waals surface area contributed by atoms with Gasteiger partial charge >= 0.3 is 17.9 Å². The Balaban J connectivity index is 2.77. The molecule has 106 valence electrons. The Morgan fingerprint density at radius 3 is 2.42 bits per heavy atom. The topological polar surface area (TPSA) is 78.9 Å². The summed E-state index contributed by atoms with van der Waals surface area (Å²) in [4.78, 5) is 34.8. The molecule has 1 aliphatic heterocycles. The van der Waals surface area contributed by atoms with Crippen molar-refractivity contribution in [3.8, 4) is 0 Å². The fraction of sp³-hybridized carbons (Fsp3) is 0.615. The van der Waals surface area contributed by atoms with E-state index in [2.05, 4.69) is 6.58 Å². The molecule has 0 amide bonds. The van der Waals surface area contributed by atoms with Gasteiger partial charge in [-0.1, -0.05) is 6.58 Å². The Hall–Kier alpha value is -1.85. The molecule has 1 heterocycles. The second-order valence-electron chi connectivity index (χ2n) is 5.38. The van der Waals surface area contributed by atoms with Crippen molar-refractivity contribution in [3.05, 3.63) is 12.2 Å².